The Morgan fingerprint density at radius 3 is 2.16 bits per heavy atom. The van der Waals surface area contributed by atoms with Gasteiger partial charge in [-0.25, -0.2) is 4.68 Å². The first-order chi connectivity index (χ1) is 15.0. The summed E-state index contributed by atoms with van der Waals surface area (Å²) < 4.78 is 12.4. The van der Waals surface area contributed by atoms with Crippen LogP contribution in [0.1, 0.15) is 43.5 Å². The number of anilines is 2. The van der Waals surface area contributed by atoms with Crippen molar-refractivity contribution in [2.24, 2.45) is 5.92 Å². The summed E-state index contributed by atoms with van der Waals surface area (Å²) in [6.45, 7) is 3.67. The molecule has 2 heterocycles. The van der Waals surface area contributed by atoms with E-state index in [0.717, 1.165) is 29.0 Å². The van der Waals surface area contributed by atoms with Gasteiger partial charge in [-0.2, -0.15) is 4.98 Å². The van der Waals surface area contributed by atoms with Gasteiger partial charge in [-0.05, 0) is 41.8 Å². The van der Waals surface area contributed by atoms with Crippen LogP contribution >= 0.6 is 0 Å². The Labute approximate surface area is 181 Å². The number of carbonyl (C=O) groups is 1. The number of ether oxygens (including phenoxy) is 2. The summed E-state index contributed by atoms with van der Waals surface area (Å²) in [7, 11) is 3.31. The minimum atomic E-state index is -0.155. The van der Waals surface area contributed by atoms with Crippen molar-refractivity contribution in [2.75, 3.05) is 24.9 Å². The molecule has 31 heavy (non-hydrogen) atoms. The van der Waals surface area contributed by atoms with Gasteiger partial charge in [0.05, 0.1) is 26.3 Å². The summed E-state index contributed by atoms with van der Waals surface area (Å²) in [5.74, 6) is 2.26. The quantitative estimate of drug-likeness (QED) is 0.624. The van der Waals surface area contributed by atoms with E-state index in [9.17, 15) is 4.79 Å². The third kappa shape index (κ3) is 4.33. The van der Waals surface area contributed by atoms with Crippen LogP contribution in [0, 0.1) is 5.92 Å². The van der Waals surface area contributed by atoms with Crippen molar-refractivity contribution < 1.29 is 14.3 Å². The Bertz CT molecular complexity index is 1040. The summed E-state index contributed by atoms with van der Waals surface area (Å²) in [5, 5.41) is 10.9. The molecule has 0 bridgehead atoms. The molecule has 8 heteroatoms. The number of amides is 1. The molecular weight excluding hydrogens is 394 g/mol. The first-order valence-corrected chi connectivity index (χ1v) is 10.3. The van der Waals surface area contributed by atoms with Crippen LogP contribution in [0.4, 0.5) is 11.9 Å². The molecule has 0 fully saturated rings. The van der Waals surface area contributed by atoms with Gasteiger partial charge >= 0.3 is 0 Å². The Morgan fingerprint density at radius 1 is 1.03 bits per heavy atom. The van der Waals surface area contributed by atoms with Gasteiger partial charge < -0.3 is 14.8 Å². The molecule has 8 nitrogen and oxygen atoms in total. The average Bonchev–Trinajstić information content (AvgIpc) is 3.20. The second-order valence-electron chi connectivity index (χ2n) is 7.84. The molecule has 1 aliphatic heterocycles. The van der Waals surface area contributed by atoms with Gasteiger partial charge in [-0.1, -0.05) is 38.1 Å². The molecule has 0 saturated carbocycles. The Balaban J connectivity index is 1.69. The number of aromatic nitrogens is 3. The highest BCUT2D eigenvalue weighted by atomic mass is 16.5. The fraction of sp³-hybridized carbons (Fsp3) is 0.348. The van der Waals surface area contributed by atoms with Gasteiger partial charge in [0.15, 0.2) is 0 Å². The van der Waals surface area contributed by atoms with Crippen molar-refractivity contribution in [3.8, 4) is 11.5 Å². The summed E-state index contributed by atoms with van der Waals surface area (Å²) in [6, 6.07) is 15.9. The fourth-order valence-electron chi connectivity index (χ4n) is 3.64. The van der Waals surface area contributed by atoms with E-state index < -0.39 is 0 Å². The lowest BCUT2D eigenvalue weighted by Gasteiger charge is -2.31. The maximum Gasteiger partial charge on any atom is 0.250 e. The number of benzene rings is 2. The molecule has 2 aromatic carbocycles. The predicted molar refractivity (Wildman–Crippen MR) is 119 cm³/mol. The molecule has 1 aromatic heterocycles. The molecular formula is C23H27N5O3. The largest absolute Gasteiger partial charge is 0.497 e. The average molecular weight is 422 g/mol. The lowest BCUT2D eigenvalue weighted by Crippen LogP contribution is -2.28. The zero-order valence-electron chi connectivity index (χ0n) is 18.1. The lowest BCUT2D eigenvalue weighted by molar-refractivity contribution is -0.118. The minimum Gasteiger partial charge on any atom is -0.497 e. The Kier molecular flexibility index (Phi) is 5.79. The first-order valence-electron chi connectivity index (χ1n) is 10.3. The van der Waals surface area contributed by atoms with Crippen LogP contribution in [0.25, 0.3) is 0 Å². The van der Waals surface area contributed by atoms with E-state index >= 15 is 0 Å². The lowest BCUT2D eigenvalue weighted by atomic mass is 9.93. The van der Waals surface area contributed by atoms with Crippen molar-refractivity contribution in [1.82, 2.24) is 14.8 Å². The van der Waals surface area contributed by atoms with E-state index in [1.165, 1.54) is 0 Å². The number of nitrogens with one attached hydrogen (secondary N) is 2. The molecule has 162 valence electrons. The van der Waals surface area contributed by atoms with Gasteiger partial charge in [0.1, 0.15) is 11.5 Å². The number of hydrogen-bond donors (Lipinski definition) is 2. The van der Waals surface area contributed by atoms with Crippen molar-refractivity contribution in [3.05, 3.63) is 59.7 Å². The first kappa shape index (κ1) is 20.7. The standard InChI is InChI=1S/C23H27N5O3/c1-14(2)21(29)25-22-26-23-24-19(15-5-9-17(30-3)10-6-15)13-20(28(23)27-22)16-7-11-18(31-4)12-8-16/h5-12,14,19-20H,13H2,1-4H3,(H2,24,25,26,27,29). The fourth-order valence-corrected chi connectivity index (χ4v) is 3.64. The van der Waals surface area contributed by atoms with Crippen LogP contribution in [-0.4, -0.2) is 34.9 Å². The zero-order chi connectivity index (χ0) is 22.0. The topological polar surface area (TPSA) is 90.3 Å². The number of hydrogen-bond acceptors (Lipinski definition) is 6. The molecule has 4 rings (SSSR count). The summed E-state index contributed by atoms with van der Waals surface area (Å²) in [5.41, 5.74) is 2.22. The van der Waals surface area contributed by atoms with Crippen LogP contribution in [0.15, 0.2) is 48.5 Å². The normalized spacial score (nSPS) is 17.6. The number of nitrogens with zero attached hydrogens (tertiary/aromatic N) is 3. The van der Waals surface area contributed by atoms with Crippen molar-refractivity contribution in [3.63, 3.8) is 0 Å². The van der Waals surface area contributed by atoms with Gasteiger partial charge in [-0.3, -0.25) is 10.1 Å². The number of methoxy groups -OCH3 is 2. The third-order valence-electron chi connectivity index (χ3n) is 5.47. The smallest absolute Gasteiger partial charge is 0.250 e. The molecule has 0 saturated heterocycles. The zero-order valence-corrected chi connectivity index (χ0v) is 18.1. The van der Waals surface area contributed by atoms with E-state index in [1.54, 1.807) is 14.2 Å². The maximum absolute atomic E-state index is 12.1. The van der Waals surface area contributed by atoms with Crippen LogP contribution in [-0.2, 0) is 4.79 Å². The minimum absolute atomic E-state index is 0.0309. The maximum atomic E-state index is 12.1. The van der Waals surface area contributed by atoms with Gasteiger partial charge in [0.25, 0.3) is 5.95 Å². The molecule has 0 spiro atoms. The monoisotopic (exact) mass is 421 g/mol. The van der Waals surface area contributed by atoms with Gasteiger partial charge in [0, 0.05) is 5.92 Å². The molecule has 3 aromatic rings. The number of carbonyl (C=O) groups excluding carboxylic acids is 1. The Morgan fingerprint density at radius 2 is 1.61 bits per heavy atom. The van der Waals surface area contributed by atoms with Crippen LogP contribution in [0.3, 0.4) is 0 Å². The van der Waals surface area contributed by atoms with Gasteiger partial charge in [-0.15, -0.1) is 5.10 Å². The van der Waals surface area contributed by atoms with Crippen molar-refractivity contribution in [2.45, 2.75) is 32.4 Å². The second-order valence-corrected chi connectivity index (χ2v) is 7.84. The SMILES string of the molecule is COc1ccc(C2CC(c3ccc(OC)cc3)n3nc(NC(=O)C(C)C)nc3N2)cc1. The second kappa shape index (κ2) is 8.67. The molecule has 1 amide bonds. The molecule has 0 radical (unpaired) electrons. The highest BCUT2D eigenvalue weighted by Crippen LogP contribution is 2.39. The third-order valence-corrected chi connectivity index (χ3v) is 5.47. The van der Waals surface area contributed by atoms with E-state index in [4.69, 9.17) is 9.47 Å². The van der Waals surface area contributed by atoms with Crippen molar-refractivity contribution in [1.29, 1.82) is 0 Å². The van der Waals surface area contributed by atoms with E-state index in [0.29, 0.717) is 11.9 Å². The van der Waals surface area contributed by atoms with Gasteiger partial charge in [0.2, 0.25) is 11.9 Å². The molecule has 2 atom stereocenters. The highest BCUT2D eigenvalue weighted by Gasteiger charge is 2.31. The summed E-state index contributed by atoms with van der Waals surface area (Å²) in [6.07, 6.45) is 0.770. The van der Waals surface area contributed by atoms with Crippen LogP contribution < -0.4 is 20.1 Å². The molecule has 1 aliphatic rings. The van der Waals surface area contributed by atoms with Crippen molar-refractivity contribution >= 4 is 17.8 Å². The van der Waals surface area contributed by atoms with Crippen LogP contribution in [0.5, 0.6) is 11.5 Å². The summed E-state index contributed by atoms with van der Waals surface area (Å²) in [4.78, 5) is 16.7. The van der Waals surface area contributed by atoms with Crippen LogP contribution in [0.2, 0.25) is 0 Å². The number of rotatable bonds is 6. The molecule has 0 aliphatic carbocycles. The highest BCUT2D eigenvalue weighted by molar-refractivity contribution is 5.90. The Hall–Kier alpha value is -3.55. The summed E-state index contributed by atoms with van der Waals surface area (Å²) >= 11 is 0. The van der Waals surface area contributed by atoms with E-state index in [1.807, 2.05) is 54.9 Å². The predicted octanol–water partition coefficient (Wildman–Crippen LogP) is 4.04. The molecule has 2 unspecified atom stereocenters. The van der Waals surface area contributed by atoms with E-state index in [2.05, 4.69) is 32.8 Å². The van der Waals surface area contributed by atoms with E-state index in [-0.39, 0.29) is 23.9 Å². The number of fused-ring (bicyclic) bond motifs is 1. The molecule has 2 N–H and O–H groups in total.